The van der Waals surface area contributed by atoms with Crippen LogP contribution < -0.4 is 5.32 Å². The van der Waals surface area contributed by atoms with Gasteiger partial charge in [0.15, 0.2) is 21.2 Å². The Morgan fingerprint density at radius 2 is 1.80 bits per heavy atom. The molecule has 2 amide bonds. The van der Waals surface area contributed by atoms with Crippen LogP contribution >= 0.6 is 21.2 Å². The monoisotopic (exact) mass is 390 g/mol. The third-order valence-electron chi connectivity index (χ3n) is 2.63. The molecule has 0 aromatic heterocycles. The van der Waals surface area contributed by atoms with E-state index in [0.29, 0.717) is 9.61 Å². The van der Waals surface area contributed by atoms with E-state index in [1.165, 1.54) is 12.1 Å². The number of anilines is 1. The van der Waals surface area contributed by atoms with E-state index in [-0.39, 0.29) is 18.4 Å². The van der Waals surface area contributed by atoms with Gasteiger partial charge < -0.3 is 10.2 Å². The number of rotatable bonds is 5. The number of nitrogens with one attached hydrogen (secondary N) is 1. The second-order valence-corrected chi connectivity index (χ2v) is 5.34. The van der Waals surface area contributed by atoms with Crippen LogP contribution in [0.1, 0.15) is 23.2 Å². The molecule has 0 radical (unpaired) electrons. The smallest absolute Gasteiger partial charge is 0.363 e. The number of nitrogens with zero attached hydrogens (tertiary/aromatic N) is 1. The molecule has 1 aromatic rings. The van der Waals surface area contributed by atoms with Gasteiger partial charge in [0.2, 0.25) is 0 Å². The number of alkyl halides is 1. The topological polar surface area (TPSA) is 92.8 Å². The highest BCUT2D eigenvalue weighted by Gasteiger charge is 2.33. The summed E-state index contributed by atoms with van der Waals surface area (Å²) in [6, 6.07) is 6.25. The van der Waals surface area contributed by atoms with Crippen LogP contribution in [0.25, 0.3) is 0 Å². The van der Waals surface area contributed by atoms with Crippen LogP contribution in [0.4, 0.5) is 5.69 Å². The Bertz CT molecular complexity index is 541. The van der Waals surface area contributed by atoms with Gasteiger partial charge >= 0.3 is 5.97 Å². The fourth-order valence-corrected chi connectivity index (χ4v) is 2.22. The first-order valence-corrected chi connectivity index (χ1v) is 8.16. The largest absolute Gasteiger partial charge is 0.374 e. The van der Waals surface area contributed by atoms with Crippen LogP contribution in [0.15, 0.2) is 24.3 Å². The van der Waals surface area contributed by atoms with Crippen molar-refractivity contribution in [2.45, 2.75) is 12.8 Å². The molecule has 7 nitrogen and oxygen atoms in total. The molecule has 1 N–H and O–H groups in total. The lowest BCUT2D eigenvalue weighted by Gasteiger charge is -2.12. The number of imide groups is 1. The Morgan fingerprint density at radius 1 is 1.20 bits per heavy atom. The molecule has 1 aliphatic rings. The van der Waals surface area contributed by atoms with Gasteiger partial charge in [-0.25, -0.2) is 4.79 Å². The van der Waals surface area contributed by atoms with Gasteiger partial charge in [-0.05, 0) is 24.3 Å². The van der Waals surface area contributed by atoms with Crippen molar-refractivity contribution < 1.29 is 22.3 Å². The highest BCUT2D eigenvalue weighted by atomic mass is 127. The first-order valence-electron chi connectivity index (χ1n) is 5.75. The highest BCUT2D eigenvalue weighted by molar-refractivity contribution is 14.1. The van der Waals surface area contributed by atoms with Crippen molar-refractivity contribution in [2.24, 2.45) is 0 Å². The summed E-state index contributed by atoms with van der Waals surface area (Å²) in [5.41, 5.74) is 0.949. The average molecular weight is 390 g/mol. The second-order valence-electron chi connectivity index (χ2n) is 3.96. The molecule has 1 fully saturated rings. The van der Waals surface area contributed by atoms with Crippen LogP contribution in [0.3, 0.4) is 0 Å². The predicted molar refractivity (Wildman–Crippen MR) is 76.1 cm³/mol. The van der Waals surface area contributed by atoms with Crippen molar-refractivity contribution in [1.82, 2.24) is 5.06 Å². The number of carbonyl (C=O) groups is 3. The zero-order chi connectivity index (χ0) is 14.5. The second kappa shape index (κ2) is 6.55. The van der Waals surface area contributed by atoms with Crippen molar-refractivity contribution in [3.63, 3.8) is 0 Å². The number of amides is 2. The minimum Gasteiger partial charge on any atom is -0.374 e. The average Bonchev–Trinajstić information content (AvgIpc) is 2.77. The van der Waals surface area contributed by atoms with E-state index in [1.54, 1.807) is 12.1 Å². The third-order valence-corrected chi connectivity index (χ3v) is 3.32. The van der Waals surface area contributed by atoms with Gasteiger partial charge in [0, 0.05) is 18.5 Å². The number of halogens is 1. The Labute approximate surface area is 124 Å². The number of hydrogen-bond acceptors (Lipinski definition) is 6. The molecule has 106 valence electrons. The number of hydroxylamine groups is 2. The summed E-state index contributed by atoms with van der Waals surface area (Å²) >= 11 is -1.09. The Kier molecular flexibility index (Phi) is 4.77. The van der Waals surface area contributed by atoms with Crippen molar-refractivity contribution in [3.05, 3.63) is 29.8 Å². The minimum atomic E-state index is -1.09. The van der Waals surface area contributed by atoms with Crippen molar-refractivity contribution >= 4 is 44.7 Å². The quantitative estimate of drug-likeness (QED) is 0.355. The molecule has 20 heavy (non-hydrogen) atoms. The Hall–Kier alpha value is -1.84. The van der Waals surface area contributed by atoms with E-state index in [4.69, 9.17) is 4.84 Å². The normalized spacial score (nSPS) is 14.5. The molecular weight excluding hydrogens is 379 g/mol. The minimum absolute atomic E-state index is 0.0627. The summed E-state index contributed by atoms with van der Waals surface area (Å²) in [4.78, 5) is 39.2. The molecule has 8 heteroatoms. The van der Waals surface area contributed by atoms with Gasteiger partial charge in [0.1, 0.15) is 0 Å². The summed E-state index contributed by atoms with van der Waals surface area (Å²) in [5, 5.41) is 3.42. The highest BCUT2D eigenvalue weighted by Crippen LogP contribution is 2.16. The lowest BCUT2D eigenvalue weighted by Crippen LogP contribution is -2.32. The Balaban J connectivity index is 2.00. The molecule has 0 atom stereocenters. The van der Waals surface area contributed by atoms with E-state index in [0.717, 1.165) is 5.69 Å². The first kappa shape index (κ1) is 14.6. The number of benzene rings is 1. The van der Waals surface area contributed by atoms with Crippen LogP contribution in [-0.4, -0.2) is 27.4 Å². The maximum absolute atomic E-state index is 11.8. The van der Waals surface area contributed by atoms with Crippen molar-refractivity contribution in [2.75, 3.05) is 9.87 Å². The maximum atomic E-state index is 11.8. The molecule has 0 unspecified atom stereocenters. The molecular formula is C12H11IN2O5. The third kappa shape index (κ3) is 3.38. The standard InChI is InChI=1S/C12H11IN2O5/c16-10-5-6-11(17)15(10)20-12(18)8-1-3-9(4-2-8)14-7-13-19/h1-4,14H,5-7H2. The summed E-state index contributed by atoms with van der Waals surface area (Å²) in [6.07, 6.45) is 0.125. The van der Waals surface area contributed by atoms with Crippen LogP contribution in [0.2, 0.25) is 0 Å². The Morgan fingerprint density at radius 3 is 2.35 bits per heavy atom. The number of carbonyl (C=O) groups excluding carboxylic acids is 3. The van der Waals surface area contributed by atoms with Crippen molar-refractivity contribution in [1.29, 1.82) is 0 Å². The van der Waals surface area contributed by atoms with Crippen LogP contribution in [0.5, 0.6) is 0 Å². The molecule has 2 rings (SSSR count). The van der Waals surface area contributed by atoms with Crippen LogP contribution in [0, 0.1) is 0 Å². The molecule has 0 bridgehead atoms. The lowest BCUT2D eigenvalue weighted by molar-refractivity contribution is -0.172. The van der Waals surface area contributed by atoms with E-state index >= 15 is 0 Å². The summed E-state index contributed by atoms with van der Waals surface area (Å²) < 4.78 is 10.8. The number of hydrogen-bond donors (Lipinski definition) is 1. The van der Waals surface area contributed by atoms with E-state index in [2.05, 4.69) is 5.32 Å². The molecule has 1 heterocycles. The zero-order valence-electron chi connectivity index (χ0n) is 10.3. The fraction of sp³-hybridized carbons (Fsp3) is 0.250. The van der Waals surface area contributed by atoms with Gasteiger partial charge in [-0.1, -0.05) is 0 Å². The van der Waals surface area contributed by atoms with Gasteiger partial charge in [0.05, 0.1) is 10.1 Å². The fourth-order valence-electron chi connectivity index (χ4n) is 1.62. The van der Waals surface area contributed by atoms with Gasteiger partial charge in [-0.15, -0.1) is 5.06 Å². The zero-order valence-corrected chi connectivity index (χ0v) is 12.5. The van der Waals surface area contributed by atoms with E-state index in [1.807, 2.05) is 0 Å². The predicted octanol–water partition coefficient (Wildman–Crippen LogP) is 1.59. The van der Waals surface area contributed by atoms with Crippen LogP contribution in [-0.2, 0) is 17.5 Å². The first-order chi connectivity index (χ1) is 9.61. The lowest BCUT2D eigenvalue weighted by atomic mass is 10.2. The van der Waals surface area contributed by atoms with Gasteiger partial charge in [-0.3, -0.25) is 12.7 Å². The summed E-state index contributed by atoms with van der Waals surface area (Å²) in [6.45, 7) is 0. The molecule has 0 saturated carbocycles. The molecule has 0 aliphatic carbocycles. The summed E-state index contributed by atoms with van der Waals surface area (Å²) in [7, 11) is 0. The molecule has 1 saturated heterocycles. The van der Waals surface area contributed by atoms with E-state index in [9.17, 15) is 17.5 Å². The molecule has 0 spiro atoms. The van der Waals surface area contributed by atoms with Crippen molar-refractivity contribution in [3.8, 4) is 0 Å². The van der Waals surface area contributed by atoms with Gasteiger partial charge in [-0.2, -0.15) is 0 Å². The summed E-state index contributed by atoms with van der Waals surface area (Å²) in [5.74, 6) is -1.79. The van der Waals surface area contributed by atoms with Gasteiger partial charge in [0.25, 0.3) is 11.8 Å². The SMILES string of the molecule is O=ICNc1ccc(C(=O)ON2C(=O)CCC2=O)cc1. The van der Waals surface area contributed by atoms with E-state index < -0.39 is 39.0 Å². The molecule has 1 aromatic carbocycles. The molecule has 1 aliphatic heterocycles. The maximum Gasteiger partial charge on any atom is 0.363 e.